The summed E-state index contributed by atoms with van der Waals surface area (Å²) < 4.78 is 49.5. The summed E-state index contributed by atoms with van der Waals surface area (Å²) in [6, 6.07) is 19.6. The first kappa shape index (κ1) is 45.7. The van der Waals surface area contributed by atoms with E-state index in [4.69, 9.17) is 42.4 Å². The van der Waals surface area contributed by atoms with E-state index in [1.54, 1.807) is 14.2 Å². The highest BCUT2D eigenvalue weighted by molar-refractivity contribution is 6.74. The molecule has 3 saturated heterocycles. The zero-order valence-corrected chi connectivity index (χ0v) is 37.6. The standard InChI is InChI=1S/C45H65NO9Si.CH2O/c1-42(2,3)56(10,11)55-35-19-21-46(22-20-35)34-14-12-13-33(25-34)45(47,36-23-31(15-17-38(36)49-9)40-50-26-43(4,5)27-51-40)37-24-32(16-18-39(37)54-30-48-8)41-52-28-44(6,7)29-53-41;1-2/h12-18,23-25,35,40-41,47H,19-22,26-30H2,1-11H3;1H2. The summed E-state index contributed by atoms with van der Waals surface area (Å²) in [6.45, 7) is 25.8. The lowest BCUT2D eigenvalue weighted by Crippen LogP contribution is -2.47. The van der Waals surface area contributed by atoms with Crippen LogP contribution in [0.15, 0.2) is 60.7 Å². The molecule has 3 fully saturated rings. The van der Waals surface area contributed by atoms with Gasteiger partial charge in [-0.25, -0.2) is 0 Å². The molecule has 6 rings (SSSR count). The van der Waals surface area contributed by atoms with Crippen molar-refractivity contribution < 1.29 is 47.5 Å². The van der Waals surface area contributed by atoms with Crippen LogP contribution >= 0.6 is 0 Å². The van der Waals surface area contributed by atoms with Gasteiger partial charge >= 0.3 is 0 Å². The minimum Gasteiger partial charge on any atom is -0.496 e. The molecule has 3 heterocycles. The number of aliphatic hydroxyl groups is 1. The van der Waals surface area contributed by atoms with Crippen molar-refractivity contribution in [2.24, 2.45) is 10.8 Å². The first-order valence-corrected chi connectivity index (χ1v) is 23.2. The summed E-state index contributed by atoms with van der Waals surface area (Å²) in [4.78, 5) is 10.4. The second-order valence-electron chi connectivity index (χ2n) is 18.8. The quantitative estimate of drug-likeness (QED) is 0.107. The summed E-state index contributed by atoms with van der Waals surface area (Å²) >= 11 is 0. The fourth-order valence-electron chi connectivity index (χ4n) is 7.36. The van der Waals surface area contributed by atoms with Gasteiger partial charge in [0.1, 0.15) is 23.9 Å². The highest BCUT2D eigenvalue weighted by atomic mass is 28.4. The summed E-state index contributed by atoms with van der Waals surface area (Å²) in [7, 11) is 1.30. The fourth-order valence-corrected chi connectivity index (χ4v) is 8.78. The number of methoxy groups -OCH3 is 2. The maximum absolute atomic E-state index is 13.8. The number of carbonyl (C=O) groups excluding carboxylic acids is 1. The van der Waals surface area contributed by atoms with Gasteiger partial charge in [0.2, 0.25) is 0 Å². The lowest BCUT2D eigenvalue weighted by molar-refractivity contribution is -0.226. The van der Waals surface area contributed by atoms with Crippen molar-refractivity contribution in [2.45, 2.75) is 104 Å². The molecule has 1 atom stereocenters. The van der Waals surface area contributed by atoms with E-state index >= 15 is 0 Å². The molecule has 3 aliphatic heterocycles. The topological polar surface area (TPSA) is 114 Å². The monoisotopic (exact) mass is 821 g/mol. The Labute approximate surface area is 347 Å². The van der Waals surface area contributed by atoms with Crippen LogP contribution in [0, 0.1) is 10.8 Å². The molecular weight excluding hydrogens is 755 g/mol. The Balaban J connectivity index is 0.00000315. The molecule has 3 aliphatic rings. The first-order chi connectivity index (χ1) is 27.4. The van der Waals surface area contributed by atoms with E-state index < -0.39 is 26.5 Å². The third-order valence-electron chi connectivity index (χ3n) is 11.7. The molecule has 0 aromatic heterocycles. The van der Waals surface area contributed by atoms with Crippen LogP contribution in [0.3, 0.4) is 0 Å². The molecule has 3 aromatic rings. The number of hydrogen-bond acceptors (Lipinski definition) is 11. The van der Waals surface area contributed by atoms with E-state index in [1.165, 1.54) is 0 Å². The Morgan fingerprint density at radius 2 is 1.28 bits per heavy atom. The number of benzene rings is 3. The summed E-state index contributed by atoms with van der Waals surface area (Å²) in [5, 5.41) is 14.0. The average molecular weight is 822 g/mol. The Bertz CT molecular complexity index is 1800. The minimum atomic E-state index is -1.90. The lowest BCUT2D eigenvalue weighted by atomic mass is 9.78. The Morgan fingerprint density at radius 3 is 1.76 bits per heavy atom. The lowest BCUT2D eigenvalue weighted by Gasteiger charge is -2.42. The molecule has 0 spiro atoms. The normalized spacial score (nSPS) is 20.4. The highest BCUT2D eigenvalue weighted by Crippen LogP contribution is 2.48. The molecule has 0 aliphatic carbocycles. The van der Waals surface area contributed by atoms with Gasteiger partial charge in [-0.3, -0.25) is 0 Å². The van der Waals surface area contributed by atoms with E-state index in [2.05, 4.69) is 78.6 Å². The van der Waals surface area contributed by atoms with Gasteiger partial charge in [0.25, 0.3) is 0 Å². The van der Waals surface area contributed by atoms with E-state index in [-0.39, 0.29) is 28.8 Å². The molecule has 11 nitrogen and oxygen atoms in total. The number of rotatable bonds is 12. The number of piperidine rings is 1. The zero-order chi connectivity index (χ0) is 42.5. The minimum absolute atomic E-state index is 0.0182. The molecule has 3 aromatic carbocycles. The van der Waals surface area contributed by atoms with Gasteiger partial charge in [-0.05, 0) is 72.9 Å². The third kappa shape index (κ3) is 10.3. The molecule has 0 saturated carbocycles. The van der Waals surface area contributed by atoms with Crippen LogP contribution in [0.1, 0.15) is 102 Å². The summed E-state index contributed by atoms with van der Waals surface area (Å²) in [6.07, 6.45) is 0.867. The summed E-state index contributed by atoms with van der Waals surface area (Å²) in [5.41, 5.74) is 2.17. The fraction of sp³-hybridized carbons (Fsp3) is 0.587. The predicted octanol–water partition coefficient (Wildman–Crippen LogP) is 8.91. The first-order valence-electron chi connectivity index (χ1n) is 20.3. The van der Waals surface area contributed by atoms with Crippen molar-refractivity contribution in [2.75, 3.05) is 65.4 Å². The molecule has 0 radical (unpaired) electrons. The zero-order valence-electron chi connectivity index (χ0n) is 36.6. The van der Waals surface area contributed by atoms with Crippen LogP contribution in [0.25, 0.3) is 0 Å². The second-order valence-corrected chi connectivity index (χ2v) is 23.6. The van der Waals surface area contributed by atoms with E-state index in [0.29, 0.717) is 54.6 Å². The van der Waals surface area contributed by atoms with Gasteiger partial charge in [0, 0.05) is 65.1 Å². The van der Waals surface area contributed by atoms with Crippen LogP contribution in [-0.2, 0) is 38.5 Å². The molecule has 1 N–H and O–H groups in total. The van der Waals surface area contributed by atoms with E-state index in [0.717, 1.165) is 42.7 Å². The Kier molecular flexibility index (Phi) is 14.6. The van der Waals surface area contributed by atoms with E-state index in [9.17, 15) is 5.11 Å². The molecular formula is C46H67NO10Si. The average Bonchev–Trinajstić information content (AvgIpc) is 3.20. The Morgan fingerprint density at radius 1 is 0.776 bits per heavy atom. The van der Waals surface area contributed by atoms with Gasteiger partial charge in [-0.2, -0.15) is 0 Å². The molecule has 0 amide bonds. The van der Waals surface area contributed by atoms with Gasteiger partial charge in [0.05, 0.1) is 33.5 Å². The van der Waals surface area contributed by atoms with Crippen molar-refractivity contribution in [3.8, 4) is 11.5 Å². The number of nitrogens with zero attached hydrogens (tertiary/aromatic N) is 1. The smallest absolute Gasteiger partial charge is 0.192 e. The van der Waals surface area contributed by atoms with Crippen LogP contribution < -0.4 is 14.4 Å². The maximum atomic E-state index is 13.8. The number of hydrogen-bond donors (Lipinski definition) is 1. The van der Waals surface area contributed by atoms with Gasteiger partial charge in [-0.15, -0.1) is 0 Å². The van der Waals surface area contributed by atoms with Crippen molar-refractivity contribution in [3.63, 3.8) is 0 Å². The van der Waals surface area contributed by atoms with Crippen LogP contribution in [0.5, 0.6) is 11.5 Å². The van der Waals surface area contributed by atoms with Crippen molar-refractivity contribution >= 4 is 20.8 Å². The summed E-state index contributed by atoms with van der Waals surface area (Å²) in [5.74, 6) is 0.944. The molecule has 320 valence electrons. The predicted molar refractivity (Wildman–Crippen MR) is 228 cm³/mol. The number of anilines is 1. The van der Waals surface area contributed by atoms with Gasteiger partial charge < -0.3 is 52.4 Å². The Hall–Kier alpha value is -3.33. The highest BCUT2D eigenvalue weighted by Gasteiger charge is 2.43. The van der Waals surface area contributed by atoms with Crippen molar-refractivity contribution in [1.29, 1.82) is 0 Å². The van der Waals surface area contributed by atoms with Crippen LogP contribution in [-0.4, -0.2) is 86.8 Å². The third-order valence-corrected chi connectivity index (χ3v) is 16.3. The number of ether oxygens (including phenoxy) is 7. The molecule has 12 heteroatoms. The molecule has 58 heavy (non-hydrogen) atoms. The maximum Gasteiger partial charge on any atom is 0.192 e. The van der Waals surface area contributed by atoms with Crippen LogP contribution in [0.4, 0.5) is 5.69 Å². The second kappa shape index (κ2) is 18.5. The van der Waals surface area contributed by atoms with Crippen molar-refractivity contribution in [1.82, 2.24) is 0 Å². The van der Waals surface area contributed by atoms with Crippen molar-refractivity contribution in [3.05, 3.63) is 88.5 Å². The van der Waals surface area contributed by atoms with Gasteiger partial charge in [0.15, 0.2) is 27.7 Å². The SMILES string of the molecule is C=O.COCOc1ccc(C2OCC(C)(C)CO2)cc1C(O)(c1cccc(N2CCC(O[Si](C)(C)C(C)(C)C)CC2)c1)c1cc(C2OCC(C)(C)CO2)ccc1OC. The van der Waals surface area contributed by atoms with Crippen LogP contribution in [0.2, 0.25) is 18.1 Å². The molecule has 0 bridgehead atoms. The van der Waals surface area contributed by atoms with Gasteiger partial charge in [-0.1, -0.05) is 72.7 Å². The molecule has 1 unspecified atom stereocenters. The van der Waals surface area contributed by atoms with E-state index in [1.807, 2.05) is 55.3 Å². The largest absolute Gasteiger partial charge is 0.496 e. The number of carbonyl (C=O) groups is 1.